The van der Waals surface area contributed by atoms with Crippen LogP contribution in [0.3, 0.4) is 0 Å². The molecule has 0 saturated carbocycles. The van der Waals surface area contributed by atoms with E-state index in [1.165, 1.54) is 32.4 Å². The normalized spacial score (nSPS) is 26.1. The molecule has 1 nitrogen and oxygen atoms in total. The molecule has 2 aromatic carbocycles. The molecule has 3 atom stereocenters. The van der Waals surface area contributed by atoms with Crippen molar-refractivity contribution in [3.8, 4) is 0 Å². The van der Waals surface area contributed by atoms with Gasteiger partial charge in [0.25, 0.3) is 0 Å². The molecule has 1 aliphatic heterocycles. The van der Waals surface area contributed by atoms with Crippen LogP contribution in [-0.4, -0.2) is 0 Å². The van der Waals surface area contributed by atoms with E-state index in [1.54, 1.807) is 0 Å². The van der Waals surface area contributed by atoms with Crippen LogP contribution in [-0.2, 0) is 0 Å². The summed E-state index contributed by atoms with van der Waals surface area (Å²) in [6, 6.07) is 15.9. The van der Waals surface area contributed by atoms with Crippen LogP contribution in [0.5, 0.6) is 0 Å². The van der Waals surface area contributed by atoms with Gasteiger partial charge in [-0.3, -0.25) is 0 Å². The third-order valence-corrected chi connectivity index (χ3v) is 5.41. The highest BCUT2D eigenvalue weighted by Crippen LogP contribution is 2.50. The Hall–Kier alpha value is -1.29. The van der Waals surface area contributed by atoms with Crippen LogP contribution in [0.25, 0.3) is 0 Å². The topological polar surface area (TPSA) is 12.0 Å². The van der Waals surface area contributed by atoms with Gasteiger partial charge >= 0.3 is 0 Å². The van der Waals surface area contributed by atoms with Gasteiger partial charge in [0, 0.05) is 15.2 Å². The van der Waals surface area contributed by atoms with Crippen LogP contribution >= 0.6 is 22.6 Å². The monoisotopic (exact) mass is 387 g/mol. The molecular weight excluding hydrogens is 369 g/mol. The lowest BCUT2D eigenvalue weighted by atomic mass is 9.76. The second kappa shape index (κ2) is 5.16. The largest absolute Gasteiger partial charge is 0.377 e. The van der Waals surface area contributed by atoms with Gasteiger partial charge in [0.05, 0.1) is 6.04 Å². The molecule has 0 spiro atoms. The molecule has 2 heteroatoms. The Bertz CT molecular complexity index is 705. The van der Waals surface area contributed by atoms with Crippen molar-refractivity contribution in [2.75, 3.05) is 5.32 Å². The number of aryl methyl sites for hydroxylation is 1. The van der Waals surface area contributed by atoms with E-state index in [4.69, 9.17) is 0 Å². The standard InChI is InChI=1S/C19H18IN/c1-12-10-14(20)11-17-15-8-5-9-16(15)19(21-18(12)17)13-6-3-2-4-7-13/h2-8,10-11,15-16,19,21H,9H2,1H3/t15-,16+,19+/m0/s1. The average molecular weight is 387 g/mol. The highest BCUT2D eigenvalue weighted by Gasteiger charge is 2.38. The van der Waals surface area contributed by atoms with E-state index in [-0.39, 0.29) is 0 Å². The van der Waals surface area contributed by atoms with Crippen molar-refractivity contribution in [1.29, 1.82) is 0 Å². The third kappa shape index (κ3) is 2.20. The van der Waals surface area contributed by atoms with E-state index in [9.17, 15) is 0 Å². The lowest BCUT2D eigenvalue weighted by Crippen LogP contribution is -2.29. The van der Waals surface area contributed by atoms with Gasteiger partial charge in [-0.2, -0.15) is 0 Å². The summed E-state index contributed by atoms with van der Waals surface area (Å²) in [5, 5.41) is 3.84. The molecule has 0 radical (unpaired) electrons. The molecular formula is C19H18IN. The first-order chi connectivity index (χ1) is 10.2. The lowest BCUT2D eigenvalue weighted by Gasteiger charge is -2.38. The number of rotatable bonds is 1. The first-order valence-corrected chi connectivity index (χ1v) is 8.60. The van der Waals surface area contributed by atoms with Crippen LogP contribution in [0, 0.1) is 16.4 Å². The van der Waals surface area contributed by atoms with Gasteiger partial charge in [-0.05, 0) is 70.7 Å². The SMILES string of the molecule is Cc1cc(I)cc2c1N[C@H](c1ccccc1)[C@@H]1CC=C[C@H]21. The Kier molecular flexibility index (Phi) is 3.29. The minimum atomic E-state index is 0.414. The predicted molar refractivity (Wildman–Crippen MR) is 96.7 cm³/mol. The first-order valence-electron chi connectivity index (χ1n) is 7.52. The molecule has 0 aromatic heterocycles. The minimum Gasteiger partial charge on any atom is -0.377 e. The van der Waals surface area contributed by atoms with E-state index in [0.29, 0.717) is 17.9 Å². The third-order valence-electron chi connectivity index (χ3n) is 4.79. The number of hydrogen-bond acceptors (Lipinski definition) is 1. The number of anilines is 1. The van der Waals surface area contributed by atoms with Crippen molar-refractivity contribution in [2.45, 2.75) is 25.3 Å². The number of nitrogens with one attached hydrogen (secondary N) is 1. The summed E-state index contributed by atoms with van der Waals surface area (Å²) < 4.78 is 1.34. The highest BCUT2D eigenvalue weighted by molar-refractivity contribution is 14.1. The Morgan fingerprint density at radius 2 is 1.95 bits per heavy atom. The fourth-order valence-corrected chi connectivity index (χ4v) is 4.63. The van der Waals surface area contributed by atoms with Gasteiger partial charge in [-0.15, -0.1) is 0 Å². The maximum absolute atomic E-state index is 3.84. The van der Waals surface area contributed by atoms with Crippen LogP contribution in [0.15, 0.2) is 54.6 Å². The smallest absolute Gasteiger partial charge is 0.0554 e. The van der Waals surface area contributed by atoms with Crippen molar-refractivity contribution in [3.05, 3.63) is 74.9 Å². The maximum Gasteiger partial charge on any atom is 0.0554 e. The van der Waals surface area contributed by atoms with E-state index < -0.39 is 0 Å². The van der Waals surface area contributed by atoms with Gasteiger partial charge in [0.1, 0.15) is 0 Å². The van der Waals surface area contributed by atoms with Gasteiger partial charge in [-0.25, -0.2) is 0 Å². The molecule has 1 N–H and O–H groups in total. The molecule has 0 fully saturated rings. The second-order valence-corrected chi connectivity index (χ2v) is 7.32. The van der Waals surface area contributed by atoms with Crippen LogP contribution < -0.4 is 5.32 Å². The molecule has 21 heavy (non-hydrogen) atoms. The summed E-state index contributed by atoms with van der Waals surface area (Å²) in [7, 11) is 0. The molecule has 1 heterocycles. The number of halogens is 1. The molecule has 0 bridgehead atoms. The molecule has 0 saturated heterocycles. The van der Waals surface area contributed by atoms with Crippen molar-refractivity contribution in [1.82, 2.24) is 0 Å². The number of fused-ring (bicyclic) bond motifs is 3. The van der Waals surface area contributed by atoms with Gasteiger partial charge in [0.15, 0.2) is 0 Å². The lowest BCUT2D eigenvalue weighted by molar-refractivity contribution is 0.425. The average Bonchev–Trinajstić information content (AvgIpc) is 2.97. The zero-order valence-electron chi connectivity index (χ0n) is 12.0. The summed E-state index contributed by atoms with van der Waals surface area (Å²) in [6.45, 7) is 2.22. The molecule has 4 rings (SSSR count). The van der Waals surface area contributed by atoms with E-state index >= 15 is 0 Å². The van der Waals surface area contributed by atoms with Crippen molar-refractivity contribution in [2.24, 2.45) is 5.92 Å². The summed E-state index contributed by atoms with van der Waals surface area (Å²) in [5.74, 6) is 1.19. The molecule has 0 unspecified atom stereocenters. The number of allylic oxidation sites excluding steroid dienone is 2. The Labute approximate surface area is 139 Å². The zero-order valence-corrected chi connectivity index (χ0v) is 14.2. The Morgan fingerprint density at radius 1 is 1.14 bits per heavy atom. The van der Waals surface area contributed by atoms with Crippen molar-refractivity contribution < 1.29 is 0 Å². The zero-order chi connectivity index (χ0) is 14.4. The summed E-state index contributed by atoms with van der Waals surface area (Å²) in [6.07, 6.45) is 5.94. The highest BCUT2D eigenvalue weighted by atomic mass is 127. The molecule has 1 aliphatic carbocycles. The Morgan fingerprint density at radius 3 is 2.76 bits per heavy atom. The summed E-state index contributed by atoms with van der Waals surface area (Å²) >= 11 is 2.43. The summed E-state index contributed by atoms with van der Waals surface area (Å²) in [4.78, 5) is 0. The van der Waals surface area contributed by atoms with Gasteiger partial charge in [-0.1, -0.05) is 42.5 Å². The molecule has 2 aliphatic rings. The van der Waals surface area contributed by atoms with Crippen LogP contribution in [0.2, 0.25) is 0 Å². The quantitative estimate of drug-likeness (QED) is 0.509. The fraction of sp³-hybridized carbons (Fsp3) is 0.263. The molecule has 2 aromatic rings. The van der Waals surface area contributed by atoms with E-state index in [0.717, 1.165) is 0 Å². The van der Waals surface area contributed by atoms with E-state index in [2.05, 4.69) is 89.4 Å². The van der Waals surface area contributed by atoms with Gasteiger partial charge < -0.3 is 5.32 Å². The molecule has 0 amide bonds. The minimum absolute atomic E-state index is 0.414. The van der Waals surface area contributed by atoms with E-state index in [1.807, 2.05) is 0 Å². The van der Waals surface area contributed by atoms with Crippen LogP contribution in [0.4, 0.5) is 5.69 Å². The maximum atomic E-state index is 3.84. The van der Waals surface area contributed by atoms with Crippen molar-refractivity contribution >= 4 is 28.3 Å². The predicted octanol–water partition coefficient (Wildman–Crippen LogP) is 5.43. The van der Waals surface area contributed by atoms with Crippen LogP contribution in [0.1, 0.15) is 35.1 Å². The number of benzene rings is 2. The van der Waals surface area contributed by atoms with Crippen molar-refractivity contribution in [3.63, 3.8) is 0 Å². The first kappa shape index (κ1) is 13.4. The fourth-order valence-electron chi connectivity index (χ4n) is 3.83. The second-order valence-electron chi connectivity index (χ2n) is 6.07. The Balaban J connectivity index is 1.84. The molecule has 106 valence electrons. The number of hydrogen-bond donors (Lipinski definition) is 1. The van der Waals surface area contributed by atoms with Gasteiger partial charge in [0.2, 0.25) is 0 Å². The summed E-state index contributed by atoms with van der Waals surface area (Å²) in [5.41, 5.74) is 5.58.